The molecular formula is C21H19FN4O. The molecule has 4 aromatic rings. The first-order valence-electron chi connectivity index (χ1n) is 8.76. The zero-order chi connectivity index (χ0) is 18.8. The highest BCUT2D eigenvalue weighted by Gasteiger charge is 2.11. The molecule has 0 atom stereocenters. The molecule has 2 N–H and O–H groups in total. The van der Waals surface area contributed by atoms with Gasteiger partial charge in [0.05, 0.1) is 5.69 Å². The number of amides is 1. The molecule has 4 rings (SSSR count). The maximum Gasteiger partial charge on any atom is 0.269 e. The second kappa shape index (κ2) is 7.07. The van der Waals surface area contributed by atoms with Gasteiger partial charge in [-0.3, -0.25) is 9.89 Å². The molecule has 1 amide bonds. The molecule has 0 aliphatic carbocycles. The van der Waals surface area contributed by atoms with Gasteiger partial charge < -0.3 is 9.88 Å². The Kier molecular flexibility index (Phi) is 4.46. The molecule has 0 unspecified atom stereocenters. The maximum atomic E-state index is 13.0. The largest absolute Gasteiger partial charge is 0.349 e. The predicted molar refractivity (Wildman–Crippen MR) is 103 cm³/mol. The molecule has 0 saturated heterocycles. The number of benzene rings is 2. The number of nitrogens with one attached hydrogen (secondary N) is 2. The molecule has 5 nitrogen and oxygen atoms in total. The molecule has 27 heavy (non-hydrogen) atoms. The van der Waals surface area contributed by atoms with E-state index in [4.69, 9.17) is 0 Å². The fourth-order valence-electron chi connectivity index (χ4n) is 3.23. The molecule has 0 aliphatic heterocycles. The van der Waals surface area contributed by atoms with Crippen molar-refractivity contribution in [3.05, 3.63) is 77.9 Å². The Morgan fingerprint density at radius 3 is 2.74 bits per heavy atom. The molecular weight excluding hydrogens is 343 g/mol. The minimum atomic E-state index is -0.305. The molecule has 136 valence electrons. The van der Waals surface area contributed by atoms with Crippen LogP contribution < -0.4 is 5.32 Å². The Morgan fingerprint density at radius 2 is 1.93 bits per heavy atom. The molecule has 6 heteroatoms. The van der Waals surface area contributed by atoms with Crippen LogP contribution in [-0.4, -0.2) is 27.2 Å². The second-order valence-electron chi connectivity index (χ2n) is 6.43. The Hall–Kier alpha value is -3.41. The Balaban J connectivity index is 1.41. The highest BCUT2D eigenvalue weighted by Crippen LogP contribution is 2.19. The lowest BCUT2D eigenvalue weighted by Gasteiger charge is -2.09. The van der Waals surface area contributed by atoms with Crippen molar-refractivity contribution in [1.29, 1.82) is 0 Å². The number of halogens is 1. The summed E-state index contributed by atoms with van der Waals surface area (Å²) in [6, 6.07) is 18.0. The summed E-state index contributed by atoms with van der Waals surface area (Å²) >= 11 is 0. The number of aromatic amines is 1. The van der Waals surface area contributed by atoms with E-state index in [1.807, 2.05) is 12.1 Å². The number of aromatic nitrogens is 3. The first-order valence-corrected chi connectivity index (χ1v) is 8.76. The van der Waals surface area contributed by atoms with Crippen molar-refractivity contribution in [3.8, 4) is 11.3 Å². The van der Waals surface area contributed by atoms with Crippen molar-refractivity contribution >= 4 is 16.8 Å². The first-order chi connectivity index (χ1) is 13.1. The lowest BCUT2D eigenvalue weighted by atomic mass is 10.1. The van der Waals surface area contributed by atoms with Gasteiger partial charge >= 0.3 is 0 Å². The highest BCUT2D eigenvalue weighted by atomic mass is 19.1. The van der Waals surface area contributed by atoms with Gasteiger partial charge in [-0.25, -0.2) is 4.39 Å². The lowest BCUT2D eigenvalue weighted by Crippen LogP contribution is -2.27. The van der Waals surface area contributed by atoms with Gasteiger partial charge in [0.1, 0.15) is 11.5 Å². The summed E-state index contributed by atoms with van der Waals surface area (Å²) in [7, 11) is 0. The van der Waals surface area contributed by atoms with E-state index in [-0.39, 0.29) is 11.7 Å². The fourth-order valence-corrected chi connectivity index (χ4v) is 3.23. The Labute approximate surface area is 155 Å². The van der Waals surface area contributed by atoms with Crippen LogP contribution in [-0.2, 0) is 6.54 Å². The normalized spacial score (nSPS) is 11.0. The monoisotopic (exact) mass is 362 g/mol. The molecule has 0 spiro atoms. The highest BCUT2D eigenvalue weighted by molar-refractivity contribution is 5.93. The van der Waals surface area contributed by atoms with Crippen LogP contribution >= 0.6 is 0 Å². The van der Waals surface area contributed by atoms with E-state index in [1.165, 1.54) is 17.5 Å². The van der Waals surface area contributed by atoms with Gasteiger partial charge in [0.25, 0.3) is 5.91 Å². The van der Waals surface area contributed by atoms with Crippen LogP contribution in [0.1, 0.15) is 16.2 Å². The van der Waals surface area contributed by atoms with E-state index in [9.17, 15) is 9.18 Å². The van der Waals surface area contributed by atoms with Gasteiger partial charge in [-0.2, -0.15) is 5.10 Å². The van der Waals surface area contributed by atoms with Gasteiger partial charge in [-0.05, 0) is 54.8 Å². The van der Waals surface area contributed by atoms with Gasteiger partial charge in [0.2, 0.25) is 0 Å². The van der Waals surface area contributed by atoms with Crippen molar-refractivity contribution in [1.82, 2.24) is 20.1 Å². The molecule has 0 bridgehead atoms. The first kappa shape index (κ1) is 17.0. The smallest absolute Gasteiger partial charge is 0.269 e. The number of carbonyl (C=O) groups is 1. The third-order valence-electron chi connectivity index (χ3n) is 4.60. The number of rotatable bonds is 5. The van der Waals surface area contributed by atoms with E-state index >= 15 is 0 Å². The fraction of sp³-hybridized carbons (Fsp3) is 0.143. The molecule has 0 fully saturated rings. The van der Waals surface area contributed by atoms with Crippen LogP contribution in [0.2, 0.25) is 0 Å². The molecule has 2 heterocycles. The number of aryl methyl sites for hydroxylation is 1. The van der Waals surface area contributed by atoms with Gasteiger partial charge in [0, 0.05) is 29.9 Å². The van der Waals surface area contributed by atoms with E-state index in [1.54, 1.807) is 18.2 Å². The van der Waals surface area contributed by atoms with Crippen molar-refractivity contribution in [3.63, 3.8) is 0 Å². The van der Waals surface area contributed by atoms with Crippen LogP contribution in [0.3, 0.4) is 0 Å². The van der Waals surface area contributed by atoms with E-state index in [0.29, 0.717) is 24.5 Å². The van der Waals surface area contributed by atoms with Crippen molar-refractivity contribution in [2.75, 3.05) is 6.54 Å². The standard InChI is InChI=1S/C21H19FN4O/c1-14-12-16-4-2-3-5-20(16)26(14)11-10-23-21(27)19-13-18(24-25-19)15-6-8-17(22)9-7-15/h2-9,12-13H,10-11H2,1H3,(H,23,27)(H,24,25). The summed E-state index contributed by atoms with van der Waals surface area (Å²) in [5.41, 5.74) is 4.05. The number of hydrogen-bond acceptors (Lipinski definition) is 2. The number of fused-ring (bicyclic) bond motifs is 1. The van der Waals surface area contributed by atoms with Crippen molar-refractivity contribution in [2.24, 2.45) is 0 Å². The molecule has 0 saturated carbocycles. The SMILES string of the molecule is Cc1cc2ccccc2n1CCNC(=O)c1cc(-c2ccc(F)cc2)n[nH]1. The molecule has 2 aromatic heterocycles. The Bertz CT molecular complexity index is 1100. The van der Waals surface area contributed by atoms with Crippen LogP contribution in [0.15, 0.2) is 60.7 Å². The number of nitrogens with zero attached hydrogens (tertiary/aromatic N) is 2. The summed E-state index contributed by atoms with van der Waals surface area (Å²) in [6.45, 7) is 3.25. The minimum absolute atomic E-state index is 0.218. The molecule has 0 aliphatic rings. The van der Waals surface area contributed by atoms with Crippen LogP contribution in [0.5, 0.6) is 0 Å². The van der Waals surface area contributed by atoms with E-state index in [0.717, 1.165) is 16.8 Å². The maximum absolute atomic E-state index is 13.0. The van der Waals surface area contributed by atoms with E-state index in [2.05, 4.69) is 45.2 Å². The van der Waals surface area contributed by atoms with Gasteiger partial charge in [-0.15, -0.1) is 0 Å². The summed E-state index contributed by atoms with van der Waals surface area (Å²) in [5.74, 6) is -0.523. The lowest BCUT2D eigenvalue weighted by molar-refractivity contribution is 0.0947. The van der Waals surface area contributed by atoms with Crippen molar-refractivity contribution in [2.45, 2.75) is 13.5 Å². The minimum Gasteiger partial charge on any atom is -0.349 e. The third kappa shape index (κ3) is 3.46. The quantitative estimate of drug-likeness (QED) is 0.565. The van der Waals surface area contributed by atoms with Crippen LogP contribution in [0.4, 0.5) is 4.39 Å². The van der Waals surface area contributed by atoms with E-state index < -0.39 is 0 Å². The third-order valence-corrected chi connectivity index (χ3v) is 4.60. The van der Waals surface area contributed by atoms with Gasteiger partial charge in [0.15, 0.2) is 0 Å². The average molecular weight is 362 g/mol. The summed E-state index contributed by atoms with van der Waals surface area (Å²) in [5, 5.41) is 11.0. The molecule has 0 radical (unpaired) electrons. The zero-order valence-electron chi connectivity index (χ0n) is 14.9. The number of para-hydroxylation sites is 1. The van der Waals surface area contributed by atoms with Crippen LogP contribution in [0, 0.1) is 12.7 Å². The summed E-state index contributed by atoms with van der Waals surface area (Å²) in [6.07, 6.45) is 0. The zero-order valence-corrected chi connectivity index (χ0v) is 14.9. The summed E-state index contributed by atoms with van der Waals surface area (Å²) in [4.78, 5) is 12.4. The molecule has 2 aromatic carbocycles. The Morgan fingerprint density at radius 1 is 1.15 bits per heavy atom. The number of carbonyl (C=O) groups excluding carboxylic acids is 1. The van der Waals surface area contributed by atoms with Crippen LogP contribution in [0.25, 0.3) is 22.2 Å². The second-order valence-corrected chi connectivity index (χ2v) is 6.43. The van der Waals surface area contributed by atoms with Gasteiger partial charge in [-0.1, -0.05) is 18.2 Å². The van der Waals surface area contributed by atoms with Crippen molar-refractivity contribution < 1.29 is 9.18 Å². The number of hydrogen-bond donors (Lipinski definition) is 2. The predicted octanol–water partition coefficient (Wildman–Crippen LogP) is 3.91. The topological polar surface area (TPSA) is 62.7 Å². The average Bonchev–Trinajstić information content (AvgIpc) is 3.27. The summed E-state index contributed by atoms with van der Waals surface area (Å²) < 4.78 is 15.2. The number of H-pyrrole nitrogens is 1.